The molecule has 4 rings (SSSR count). The third-order valence-corrected chi connectivity index (χ3v) is 5.26. The van der Waals surface area contributed by atoms with Gasteiger partial charge in [-0.05, 0) is 30.4 Å². The Morgan fingerprint density at radius 1 is 1.21 bits per heavy atom. The number of carbonyl (C=O) groups is 1. The van der Waals surface area contributed by atoms with Gasteiger partial charge in [-0.1, -0.05) is 46.8 Å². The van der Waals surface area contributed by atoms with E-state index in [0.717, 1.165) is 41.0 Å². The third kappa shape index (κ3) is 3.51. The summed E-state index contributed by atoms with van der Waals surface area (Å²) in [6.07, 6.45) is 3.61. The highest BCUT2D eigenvalue weighted by Gasteiger charge is 2.35. The lowest BCUT2D eigenvalue weighted by Crippen LogP contribution is -2.38. The van der Waals surface area contributed by atoms with Crippen LogP contribution < -0.4 is 5.32 Å². The van der Waals surface area contributed by atoms with Crippen LogP contribution >= 0.6 is 0 Å². The van der Waals surface area contributed by atoms with E-state index in [9.17, 15) is 4.79 Å². The molecule has 2 N–H and O–H groups in total. The van der Waals surface area contributed by atoms with Crippen molar-refractivity contribution in [1.82, 2.24) is 25.3 Å². The van der Waals surface area contributed by atoms with Gasteiger partial charge in [0.05, 0.1) is 17.1 Å². The van der Waals surface area contributed by atoms with Crippen LogP contribution in [-0.4, -0.2) is 25.8 Å². The molecule has 1 amide bonds. The Kier molecular flexibility index (Phi) is 4.25. The molecule has 1 atom stereocenters. The number of para-hydroxylation sites is 2. The van der Waals surface area contributed by atoms with Crippen molar-refractivity contribution in [1.29, 1.82) is 0 Å². The van der Waals surface area contributed by atoms with E-state index < -0.39 is 0 Å². The fraction of sp³-hybridized carbons (Fsp3) is 0.455. The van der Waals surface area contributed by atoms with Gasteiger partial charge < -0.3 is 10.3 Å². The first-order valence-electron chi connectivity index (χ1n) is 9.74. The Balaban J connectivity index is 1.65. The van der Waals surface area contributed by atoms with Gasteiger partial charge in [0.1, 0.15) is 5.82 Å². The zero-order valence-corrected chi connectivity index (χ0v) is 17.1. The van der Waals surface area contributed by atoms with E-state index in [0.29, 0.717) is 5.82 Å². The van der Waals surface area contributed by atoms with E-state index in [-0.39, 0.29) is 22.8 Å². The number of carbonyl (C=O) groups excluding carboxylic acids is 1. The summed E-state index contributed by atoms with van der Waals surface area (Å²) in [5, 5.41) is 3.15. The number of aromatic amines is 1. The fourth-order valence-corrected chi connectivity index (χ4v) is 3.82. The molecule has 28 heavy (non-hydrogen) atoms. The van der Waals surface area contributed by atoms with Crippen LogP contribution in [0.2, 0.25) is 0 Å². The second kappa shape index (κ2) is 6.40. The number of hydrogen-bond donors (Lipinski definition) is 2. The largest absolute Gasteiger partial charge is 0.342 e. The highest BCUT2D eigenvalue weighted by molar-refractivity contribution is 5.94. The summed E-state index contributed by atoms with van der Waals surface area (Å²) in [5.74, 6) is 0.967. The molecule has 146 valence electrons. The standard InChI is InChI=1S/C22H27N5O/c1-21(2,3)20-23-12-13-16(10-22(4,5)11-17(13)27-20)26-19(28)18-24-14-8-6-7-9-15(14)25-18/h6-9,12,16H,10-11H2,1-5H3,(H,24,25)(H,26,28)/t16-/m0/s1. The van der Waals surface area contributed by atoms with Gasteiger partial charge in [0, 0.05) is 22.9 Å². The van der Waals surface area contributed by atoms with Crippen molar-refractivity contribution in [2.75, 3.05) is 0 Å². The number of benzene rings is 1. The Bertz CT molecular complexity index is 1010. The Morgan fingerprint density at radius 3 is 2.68 bits per heavy atom. The minimum atomic E-state index is -0.204. The summed E-state index contributed by atoms with van der Waals surface area (Å²) in [6, 6.07) is 7.51. The van der Waals surface area contributed by atoms with Crippen molar-refractivity contribution in [2.45, 2.75) is 58.9 Å². The van der Waals surface area contributed by atoms with Crippen LogP contribution in [0.5, 0.6) is 0 Å². The van der Waals surface area contributed by atoms with E-state index in [1.807, 2.05) is 30.5 Å². The van der Waals surface area contributed by atoms with Crippen LogP contribution in [0.25, 0.3) is 11.0 Å². The van der Waals surface area contributed by atoms with E-state index in [4.69, 9.17) is 4.98 Å². The maximum Gasteiger partial charge on any atom is 0.287 e. The van der Waals surface area contributed by atoms with Gasteiger partial charge in [0.25, 0.3) is 5.91 Å². The minimum Gasteiger partial charge on any atom is -0.342 e. The molecular formula is C22H27N5O. The fourth-order valence-electron chi connectivity index (χ4n) is 3.82. The van der Waals surface area contributed by atoms with Gasteiger partial charge in [0.15, 0.2) is 5.82 Å². The van der Waals surface area contributed by atoms with E-state index in [1.54, 1.807) is 0 Å². The lowest BCUT2D eigenvalue weighted by molar-refractivity contribution is 0.0909. The first-order chi connectivity index (χ1) is 13.1. The van der Waals surface area contributed by atoms with Crippen LogP contribution in [0.1, 0.15) is 74.8 Å². The van der Waals surface area contributed by atoms with Crippen LogP contribution in [0, 0.1) is 5.41 Å². The smallest absolute Gasteiger partial charge is 0.287 e. The van der Waals surface area contributed by atoms with Crippen molar-refractivity contribution in [2.24, 2.45) is 5.41 Å². The quantitative estimate of drug-likeness (QED) is 0.704. The molecule has 2 heterocycles. The van der Waals surface area contributed by atoms with Crippen LogP contribution in [0.3, 0.4) is 0 Å². The third-order valence-electron chi connectivity index (χ3n) is 5.26. The van der Waals surface area contributed by atoms with Gasteiger partial charge in [-0.3, -0.25) is 4.79 Å². The minimum absolute atomic E-state index is 0.0440. The van der Waals surface area contributed by atoms with Gasteiger partial charge in [-0.15, -0.1) is 0 Å². The van der Waals surface area contributed by atoms with E-state index >= 15 is 0 Å². The summed E-state index contributed by atoms with van der Waals surface area (Å²) in [7, 11) is 0. The number of nitrogens with one attached hydrogen (secondary N) is 2. The molecule has 3 aromatic rings. The summed E-state index contributed by atoms with van der Waals surface area (Å²) in [4.78, 5) is 29.9. The zero-order chi connectivity index (χ0) is 20.1. The summed E-state index contributed by atoms with van der Waals surface area (Å²) >= 11 is 0. The molecule has 2 aromatic heterocycles. The SMILES string of the molecule is CC1(C)Cc2nc(C(C)(C)C)ncc2[C@@H](NC(=O)c2nc3ccccc3[nH]2)C1. The van der Waals surface area contributed by atoms with E-state index in [2.05, 4.69) is 54.9 Å². The lowest BCUT2D eigenvalue weighted by atomic mass is 9.74. The molecule has 6 heteroatoms. The van der Waals surface area contributed by atoms with Crippen LogP contribution in [0.15, 0.2) is 30.5 Å². The first-order valence-corrected chi connectivity index (χ1v) is 9.74. The topological polar surface area (TPSA) is 83.6 Å². The predicted molar refractivity (Wildman–Crippen MR) is 109 cm³/mol. The number of rotatable bonds is 2. The van der Waals surface area contributed by atoms with Gasteiger partial charge >= 0.3 is 0 Å². The predicted octanol–water partition coefficient (Wildman–Crippen LogP) is 4.09. The molecule has 0 unspecified atom stereocenters. The second-order valence-corrected chi connectivity index (χ2v) is 9.52. The molecule has 1 aliphatic carbocycles. The number of H-pyrrole nitrogens is 1. The Labute approximate surface area is 165 Å². The van der Waals surface area contributed by atoms with Gasteiger partial charge in [-0.2, -0.15) is 0 Å². The summed E-state index contributed by atoms with van der Waals surface area (Å²) in [5.41, 5.74) is 3.62. The normalized spacial score (nSPS) is 18.7. The average molecular weight is 377 g/mol. The first kappa shape index (κ1) is 18.6. The van der Waals surface area contributed by atoms with Crippen LogP contribution in [0.4, 0.5) is 0 Å². The molecule has 0 saturated carbocycles. The van der Waals surface area contributed by atoms with Crippen molar-refractivity contribution >= 4 is 16.9 Å². The summed E-state index contributed by atoms with van der Waals surface area (Å²) in [6.45, 7) is 10.8. The van der Waals surface area contributed by atoms with Crippen LogP contribution in [-0.2, 0) is 11.8 Å². The maximum absolute atomic E-state index is 12.9. The van der Waals surface area contributed by atoms with E-state index in [1.165, 1.54) is 0 Å². The van der Waals surface area contributed by atoms with Crippen molar-refractivity contribution in [3.63, 3.8) is 0 Å². The molecule has 1 aliphatic rings. The molecule has 0 aliphatic heterocycles. The second-order valence-electron chi connectivity index (χ2n) is 9.52. The highest BCUT2D eigenvalue weighted by Crippen LogP contribution is 2.40. The molecule has 0 radical (unpaired) electrons. The van der Waals surface area contributed by atoms with Gasteiger partial charge in [-0.25, -0.2) is 15.0 Å². The lowest BCUT2D eigenvalue weighted by Gasteiger charge is -2.37. The molecule has 6 nitrogen and oxygen atoms in total. The number of nitrogens with zero attached hydrogens (tertiary/aromatic N) is 3. The number of fused-ring (bicyclic) bond motifs is 2. The van der Waals surface area contributed by atoms with Crippen molar-refractivity contribution in [3.8, 4) is 0 Å². The molecule has 0 bridgehead atoms. The van der Waals surface area contributed by atoms with Crippen molar-refractivity contribution < 1.29 is 4.79 Å². The maximum atomic E-state index is 12.9. The van der Waals surface area contributed by atoms with Crippen molar-refractivity contribution in [3.05, 3.63) is 53.4 Å². The highest BCUT2D eigenvalue weighted by atomic mass is 16.2. The monoisotopic (exact) mass is 377 g/mol. The number of imidazole rings is 1. The summed E-state index contributed by atoms with van der Waals surface area (Å²) < 4.78 is 0. The Hall–Kier alpha value is -2.76. The number of amides is 1. The molecule has 0 saturated heterocycles. The molecule has 1 aromatic carbocycles. The Morgan fingerprint density at radius 2 is 1.96 bits per heavy atom. The number of hydrogen-bond acceptors (Lipinski definition) is 4. The van der Waals surface area contributed by atoms with Gasteiger partial charge in [0.2, 0.25) is 0 Å². The molecular weight excluding hydrogens is 350 g/mol. The molecule has 0 spiro atoms. The zero-order valence-electron chi connectivity index (χ0n) is 17.1. The molecule has 0 fully saturated rings. The average Bonchev–Trinajstić information content (AvgIpc) is 3.03. The number of aromatic nitrogens is 4.